The minimum Gasteiger partial charge on any atom is -0.338 e. The van der Waals surface area contributed by atoms with Gasteiger partial charge in [0.1, 0.15) is 0 Å². The second-order valence-corrected chi connectivity index (χ2v) is 6.75. The summed E-state index contributed by atoms with van der Waals surface area (Å²) >= 11 is 5.01. The van der Waals surface area contributed by atoms with Crippen molar-refractivity contribution in [3.8, 4) is 10.7 Å². The first-order valence-corrected chi connectivity index (χ1v) is 7.74. The molecule has 0 spiro atoms. The summed E-state index contributed by atoms with van der Waals surface area (Å²) in [6, 6.07) is 5.90. The number of rotatable bonds is 3. The van der Waals surface area contributed by atoms with E-state index in [1.165, 1.54) is 0 Å². The summed E-state index contributed by atoms with van der Waals surface area (Å²) in [5.74, 6) is 1.21. The molecule has 0 aliphatic carbocycles. The van der Waals surface area contributed by atoms with E-state index in [4.69, 9.17) is 4.52 Å². The Morgan fingerprint density at radius 3 is 2.85 bits per heavy atom. The fourth-order valence-electron chi connectivity index (χ4n) is 1.86. The smallest absolute Gasteiger partial charge is 0.237 e. The van der Waals surface area contributed by atoms with Gasteiger partial charge in [-0.2, -0.15) is 4.98 Å². The van der Waals surface area contributed by atoms with Gasteiger partial charge in [0.05, 0.1) is 10.3 Å². The maximum atomic E-state index is 5.45. The van der Waals surface area contributed by atoms with Crippen molar-refractivity contribution in [2.75, 3.05) is 0 Å². The molecular weight excluding hydrogens is 338 g/mol. The van der Waals surface area contributed by atoms with E-state index in [2.05, 4.69) is 31.1 Å². The fraction of sp³-hybridized carbons (Fsp3) is 0.214. The SMILES string of the molecule is CC(C)(c1cccnc1)c1nc(-c2cc(Br)cs2)no1. The number of halogens is 1. The Morgan fingerprint density at radius 2 is 2.20 bits per heavy atom. The Kier molecular flexibility index (Phi) is 3.43. The average molecular weight is 350 g/mol. The van der Waals surface area contributed by atoms with Gasteiger partial charge in [-0.1, -0.05) is 11.2 Å². The summed E-state index contributed by atoms with van der Waals surface area (Å²) in [6.07, 6.45) is 3.58. The molecule has 0 unspecified atom stereocenters. The van der Waals surface area contributed by atoms with Crippen molar-refractivity contribution < 1.29 is 4.52 Å². The summed E-state index contributed by atoms with van der Waals surface area (Å²) < 4.78 is 6.47. The molecule has 0 fully saturated rings. The van der Waals surface area contributed by atoms with E-state index in [0.29, 0.717) is 11.7 Å². The first-order chi connectivity index (χ1) is 9.57. The molecule has 6 heteroatoms. The number of aromatic nitrogens is 3. The van der Waals surface area contributed by atoms with Gasteiger partial charge in [0.15, 0.2) is 0 Å². The first kappa shape index (κ1) is 13.5. The van der Waals surface area contributed by atoms with Crippen molar-refractivity contribution in [3.63, 3.8) is 0 Å². The number of nitrogens with zero attached hydrogens (tertiary/aromatic N) is 3. The molecule has 0 saturated heterocycles. The highest BCUT2D eigenvalue weighted by Gasteiger charge is 2.30. The van der Waals surface area contributed by atoms with Crippen molar-refractivity contribution in [3.05, 3.63) is 51.9 Å². The number of hydrogen-bond acceptors (Lipinski definition) is 5. The molecule has 0 aromatic carbocycles. The Hall–Kier alpha value is -1.53. The third-order valence-corrected chi connectivity index (χ3v) is 4.82. The molecule has 0 saturated carbocycles. The van der Waals surface area contributed by atoms with Crippen molar-refractivity contribution in [2.24, 2.45) is 0 Å². The van der Waals surface area contributed by atoms with Gasteiger partial charge in [0.25, 0.3) is 0 Å². The summed E-state index contributed by atoms with van der Waals surface area (Å²) in [4.78, 5) is 9.66. The van der Waals surface area contributed by atoms with Crippen LogP contribution in [0.5, 0.6) is 0 Å². The van der Waals surface area contributed by atoms with Gasteiger partial charge >= 0.3 is 0 Å². The van der Waals surface area contributed by atoms with Crippen LogP contribution < -0.4 is 0 Å². The van der Waals surface area contributed by atoms with Gasteiger partial charge in [-0.15, -0.1) is 11.3 Å². The molecule has 0 amide bonds. The molecule has 0 N–H and O–H groups in total. The van der Waals surface area contributed by atoms with Gasteiger partial charge in [-0.3, -0.25) is 4.98 Å². The van der Waals surface area contributed by atoms with E-state index in [1.807, 2.05) is 43.6 Å². The molecule has 0 atom stereocenters. The van der Waals surface area contributed by atoms with E-state index in [1.54, 1.807) is 17.5 Å². The van der Waals surface area contributed by atoms with Gasteiger partial charge in [0, 0.05) is 22.2 Å². The van der Waals surface area contributed by atoms with E-state index in [-0.39, 0.29) is 5.41 Å². The van der Waals surface area contributed by atoms with Gasteiger partial charge < -0.3 is 4.52 Å². The van der Waals surface area contributed by atoms with Crippen LogP contribution in [0, 0.1) is 0 Å². The van der Waals surface area contributed by atoms with Crippen LogP contribution in [0.3, 0.4) is 0 Å². The Balaban J connectivity index is 1.97. The predicted molar refractivity (Wildman–Crippen MR) is 81.7 cm³/mol. The second kappa shape index (κ2) is 5.10. The molecule has 20 heavy (non-hydrogen) atoms. The molecular formula is C14H12BrN3OS. The Morgan fingerprint density at radius 1 is 1.35 bits per heavy atom. The molecule has 0 bridgehead atoms. The zero-order valence-corrected chi connectivity index (χ0v) is 13.4. The number of hydrogen-bond donors (Lipinski definition) is 0. The zero-order chi connectivity index (χ0) is 14.2. The molecule has 3 aromatic heterocycles. The predicted octanol–water partition coefficient (Wildman–Crippen LogP) is 4.28. The third kappa shape index (κ3) is 2.41. The quantitative estimate of drug-likeness (QED) is 0.707. The lowest BCUT2D eigenvalue weighted by Gasteiger charge is -2.19. The Bertz CT molecular complexity index is 721. The van der Waals surface area contributed by atoms with Crippen LogP contribution in [0.1, 0.15) is 25.3 Å². The van der Waals surface area contributed by atoms with E-state index in [0.717, 1.165) is 14.9 Å². The highest BCUT2D eigenvalue weighted by molar-refractivity contribution is 9.10. The highest BCUT2D eigenvalue weighted by Crippen LogP contribution is 2.33. The maximum absolute atomic E-state index is 5.45. The van der Waals surface area contributed by atoms with E-state index < -0.39 is 0 Å². The average Bonchev–Trinajstić information content (AvgIpc) is 3.08. The topological polar surface area (TPSA) is 51.8 Å². The maximum Gasteiger partial charge on any atom is 0.237 e. The largest absolute Gasteiger partial charge is 0.338 e. The summed E-state index contributed by atoms with van der Waals surface area (Å²) in [7, 11) is 0. The molecule has 3 aromatic rings. The van der Waals surface area contributed by atoms with Crippen LogP contribution in [-0.2, 0) is 5.41 Å². The van der Waals surface area contributed by atoms with Crippen molar-refractivity contribution in [1.82, 2.24) is 15.1 Å². The van der Waals surface area contributed by atoms with Gasteiger partial charge in [-0.05, 0) is 47.5 Å². The molecule has 0 aliphatic rings. The number of thiophene rings is 1. The lowest BCUT2D eigenvalue weighted by atomic mass is 9.86. The zero-order valence-electron chi connectivity index (χ0n) is 11.0. The van der Waals surface area contributed by atoms with Gasteiger partial charge in [0.2, 0.25) is 11.7 Å². The van der Waals surface area contributed by atoms with Crippen LogP contribution in [0.4, 0.5) is 0 Å². The lowest BCUT2D eigenvalue weighted by molar-refractivity contribution is 0.332. The second-order valence-electron chi connectivity index (χ2n) is 4.92. The standard InChI is InChI=1S/C14H12BrN3OS/c1-14(2,9-4-3-5-16-7-9)13-17-12(18-19-13)11-6-10(15)8-20-11/h3-8H,1-2H3. The van der Waals surface area contributed by atoms with Crippen LogP contribution in [0.25, 0.3) is 10.7 Å². The molecule has 0 radical (unpaired) electrons. The minimum atomic E-state index is -0.367. The summed E-state index contributed by atoms with van der Waals surface area (Å²) in [6.45, 7) is 4.09. The molecule has 3 heterocycles. The van der Waals surface area contributed by atoms with Crippen molar-refractivity contribution >= 4 is 27.3 Å². The number of pyridine rings is 1. The van der Waals surface area contributed by atoms with E-state index in [9.17, 15) is 0 Å². The molecule has 0 aliphatic heterocycles. The summed E-state index contributed by atoms with van der Waals surface area (Å²) in [5.41, 5.74) is 0.677. The van der Waals surface area contributed by atoms with Crippen LogP contribution in [0.15, 0.2) is 45.0 Å². The van der Waals surface area contributed by atoms with E-state index >= 15 is 0 Å². The van der Waals surface area contributed by atoms with Crippen LogP contribution in [0.2, 0.25) is 0 Å². The van der Waals surface area contributed by atoms with Gasteiger partial charge in [-0.25, -0.2) is 0 Å². The van der Waals surface area contributed by atoms with Crippen LogP contribution in [-0.4, -0.2) is 15.1 Å². The monoisotopic (exact) mass is 349 g/mol. The minimum absolute atomic E-state index is 0.367. The van der Waals surface area contributed by atoms with Crippen molar-refractivity contribution in [1.29, 1.82) is 0 Å². The first-order valence-electron chi connectivity index (χ1n) is 6.06. The third-order valence-electron chi connectivity index (χ3n) is 3.13. The van der Waals surface area contributed by atoms with Crippen molar-refractivity contribution in [2.45, 2.75) is 19.3 Å². The highest BCUT2D eigenvalue weighted by atomic mass is 79.9. The normalized spacial score (nSPS) is 11.8. The lowest BCUT2D eigenvalue weighted by Crippen LogP contribution is -2.19. The fourth-order valence-corrected chi connectivity index (χ4v) is 3.22. The summed E-state index contributed by atoms with van der Waals surface area (Å²) in [5, 5.41) is 6.07. The molecule has 102 valence electrons. The molecule has 3 rings (SSSR count). The Labute approximate surface area is 129 Å². The van der Waals surface area contributed by atoms with Crippen LogP contribution >= 0.6 is 27.3 Å². The molecule has 4 nitrogen and oxygen atoms in total.